The minimum Gasteiger partial charge on any atom is -0.295 e. The van der Waals surface area contributed by atoms with Crippen molar-refractivity contribution in [2.45, 2.75) is 13.8 Å². The van der Waals surface area contributed by atoms with Gasteiger partial charge in [0.2, 0.25) is 0 Å². The summed E-state index contributed by atoms with van der Waals surface area (Å²) in [7, 11) is 0. The van der Waals surface area contributed by atoms with Crippen molar-refractivity contribution in [3.8, 4) is 5.69 Å². The maximum Gasteiger partial charge on any atom is 0.280 e. The first-order valence-corrected chi connectivity index (χ1v) is 8.35. The number of carbonyl (C=O) groups excluding carboxylic acids is 1. The molecule has 0 aliphatic carbocycles. The topological polar surface area (TPSA) is 122 Å². The Bertz CT molecular complexity index is 1110. The lowest BCUT2D eigenvalue weighted by atomic mass is 10.2. The van der Waals surface area contributed by atoms with Crippen LogP contribution in [-0.2, 0) is 0 Å². The summed E-state index contributed by atoms with van der Waals surface area (Å²) in [4.78, 5) is 35.1. The van der Waals surface area contributed by atoms with E-state index in [9.17, 15) is 19.7 Å². The van der Waals surface area contributed by atoms with Gasteiger partial charge in [-0.15, -0.1) is 0 Å². The molecule has 1 amide bonds. The third-order valence-corrected chi connectivity index (χ3v) is 4.11. The number of nitrogens with one attached hydrogen (secondary N) is 2. The van der Waals surface area contributed by atoms with Crippen molar-refractivity contribution in [1.82, 2.24) is 15.2 Å². The second-order valence-corrected chi connectivity index (χ2v) is 6.03. The molecule has 0 saturated heterocycles. The van der Waals surface area contributed by atoms with Crippen LogP contribution in [0.15, 0.2) is 64.5 Å². The Kier molecular flexibility index (Phi) is 5.16. The van der Waals surface area contributed by atoms with E-state index in [1.807, 2.05) is 0 Å². The SMILES string of the molecule is CC(=NNC(=O)c1ccccc1)c1c(C)[nH]n(-c2ccc([N+](=O)[O-])cc2)c1=O. The van der Waals surface area contributed by atoms with Crippen LogP contribution in [0.5, 0.6) is 0 Å². The summed E-state index contributed by atoms with van der Waals surface area (Å²) in [6, 6.07) is 14.2. The van der Waals surface area contributed by atoms with Gasteiger partial charge in [0.05, 0.1) is 21.9 Å². The number of H-pyrrole nitrogens is 1. The highest BCUT2D eigenvalue weighted by atomic mass is 16.6. The Morgan fingerprint density at radius 1 is 1.14 bits per heavy atom. The number of nitro benzene ring substituents is 1. The normalized spacial score (nSPS) is 11.3. The van der Waals surface area contributed by atoms with E-state index in [4.69, 9.17) is 0 Å². The van der Waals surface area contributed by atoms with Crippen molar-refractivity contribution in [1.29, 1.82) is 0 Å². The van der Waals surface area contributed by atoms with Gasteiger partial charge in [-0.25, -0.2) is 10.1 Å². The van der Waals surface area contributed by atoms with Crippen LogP contribution >= 0.6 is 0 Å². The Morgan fingerprint density at radius 3 is 2.39 bits per heavy atom. The fourth-order valence-corrected chi connectivity index (χ4v) is 2.72. The number of nitro groups is 1. The van der Waals surface area contributed by atoms with Crippen LogP contribution in [0, 0.1) is 17.0 Å². The molecule has 1 heterocycles. The molecular weight excluding hydrogens is 362 g/mol. The quantitative estimate of drug-likeness (QED) is 0.402. The number of rotatable bonds is 5. The monoisotopic (exact) mass is 379 g/mol. The van der Waals surface area contributed by atoms with Gasteiger partial charge in [-0.3, -0.25) is 24.8 Å². The minimum atomic E-state index is -0.510. The molecule has 2 N–H and O–H groups in total. The number of hydrazone groups is 1. The van der Waals surface area contributed by atoms with Gasteiger partial charge >= 0.3 is 0 Å². The van der Waals surface area contributed by atoms with Gasteiger partial charge in [0.25, 0.3) is 17.2 Å². The number of hydrogen-bond acceptors (Lipinski definition) is 5. The molecule has 9 nitrogen and oxygen atoms in total. The van der Waals surface area contributed by atoms with Crippen LogP contribution in [-0.4, -0.2) is 26.3 Å². The van der Waals surface area contributed by atoms with Crippen LogP contribution in [0.1, 0.15) is 28.5 Å². The third kappa shape index (κ3) is 3.73. The van der Waals surface area contributed by atoms with Gasteiger partial charge in [0, 0.05) is 23.4 Å². The summed E-state index contributed by atoms with van der Waals surface area (Å²) in [5.41, 5.74) is 4.10. The Labute approximate surface area is 159 Å². The van der Waals surface area contributed by atoms with E-state index >= 15 is 0 Å². The standard InChI is InChI=1S/C19H17N5O4/c1-12(20-21-18(25)14-6-4-3-5-7-14)17-13(2)22-23(19(17)26)15-8-10-16(11-9-15)24(27)28/h3-11,22H,1-2H3,(H,21,25). The predicted molar refractivity (Wildman–Crippen MR) is 104 cm³/mol. The fourth-order valence-electron chi connectivity index (χ4n) is 2.72. The second kappa shape index (κ2) is 7.70. The fraction of sp³-hybridized carbons (Fsp3) is 0.105. The van der Waals surface area contributed by atoms with Gasteiger partial charge in [-0.2, -0.15) is 5.10 Å². The van der Waals surface area contributed by atoms with E-state index in [0.29, 0.717) is 28.2 Å². The van der Waals surface area contributed by atoms with Crippen molar-refractivity contribution < 1.29 is 9.72 Å². The van der Waals surface area contributed by atoms with Crippen LogP contribution in [0.25, 0.3) is 5.69 Å². The van der Waals surface area contributed by atoms with E-state index < -0.39 is 4.92 Å². The molecule has 3 aromatic rings. The van der Waals surface area contributed by atoms with Crippen LogP contribution in [0.2, 0.25) is 0 Å². The molecule has 0 aliphatic rings. The molecule has 0 unspecified atom stereocenters. The van der Waals surface area contributed by atoms with Crippen molar-refractivity contribution in [3.05, 3.63) is 91.9 Å². The zero-order valence-electron chi connectivity index (χ0n) is 15.2. The molecule has 0 saturated carbocycles. The molecule has 28 heavy (non-hydrogen) atoms. The smallest absolute Gasteiger partial charge is 0.280 e. The first-order valence-electron chi connectivity index (χ1n) is 8.35. The number of amides is 1. The van der Waals surface area contributed by atoms with E-state index in [1.54, 1.807) is 44.2 Å². The third-order valence-electron chi connectivity index (χ3n) is 4.11. The van der Waals surface area contributed by atoms with Gasteiger partial charge in [-0.05, 0) is 38.1 Å². The Balaban J connectivity index is 1.87. The lowest BCUT2D eigenvalue weighted by Crippen LogP contribution is -2.23. The molecule has 3 rings (SSSR count). The number of benzene rings is 2. The molecule has 9 heteroatoms. The molecule has 0 fully saturated rings. The van der Waals surface area contributed by atoms with E-state index in [-0.39, 0.29) is 17.2 Å². The van der Waals surface area contributed by atoms with Gasteiger partial charge in [0.1, 0.15) is 0 Å². The van der Waals surface area contributed by atoms with Crippen molar-refractivity contribution in [3.63, 3.8) is 0 Å². The largest absolute Gasteiger partial charge is 0.295 e. The molecule has 2 aromatic carbocycles. The number of aromatic nitrogens is 2. The number of hydrogen-bond donors (Lipinski definition) is 2. The highest BCUT2D eigenvalue weighted by Gasteiger charge is 2.16. The highest BCUT2D eigenvalue weighted by Crippen LogP contribution is 2.14. The Hall–Kier alpha value is -4.01. The summed E-state index contributed by atoms with van der Waals surface area (Å²) in [6.45, 7) is 3.32. The number of carbonyl (C=O) groups is 1. The number of aryl methyl sites for hydroxylation is 1. The lowest BCUT2D eigenvalue weighted by molar-refractivity contribution is -0.384. The highest BCUT2D eigenvalue weighted by molar-refractivity contribution is 6.01. The van der Waals surface area contributed by atoms with Crippen LogP contribution < -0.4 is 11.0 Å². The molecule has 0 atom stereocenters. The second-order valence-electron chi connectivity index (χ2n) is 6.03. The molecular formula is C19H17N5O4. The molecule has 1 aromatic heterocycles. The molecule has 0 spiro atoms. The van der Waals surface area contributed by atoms with Gasteiger partial charge < -0.3 is 0 Å². The van der Waals surface area contributed by atoms with E-state index in [2.05, 4.69) is 15.6 Å². The summed E-state index contributed by atoms with van der Waals surface area (Å²) >= 11 is 0. The minimum absolute atomic E-state index is 0.0679. The Morgan fingerprint density at radius 2 is 1.79 bits per heavy atom. The molecule has 0 aliphatic heterocycles. The zero-order chi connectivity index (χ0) is 20.3. The van der Waals surface area contributed by atoms with E-state index in [0.717, 1.165) is 0 Å². The summed E-state index contributed by atoms with van der Waals surface area (Å²) in [5, 5.41) is 17.7. The average Bonchev–Trinajstić information content (AvgIpc) is 3.00. The average molecular weight is 379 g/mol. The first-order chi connectivity index (χ1) is 13.4. The maximum absolute atomic E-state index is 12.8. The molecule has 0 bridgehead atoms. The predicted octanol–water partition coefficient (Wildman–Crippen LogP) is 2.54. The summed E-state index contributed by atoms with van der Waals surface area (Å²) in [5.74, 6) is -0.385. The number of aromatic amines is 1. The number of non-ortho nitro benzene ring substituents is 1. The zero-order valence-corrected chi connectivity index (χ0v) is 15.2. The van der Waals surface area contributed by atoms with Crippen molar-refractivity contribution >= 4 is 17.3 Å². The first kappa shape index (κ1) is 18.8. The van der Waals surface area contributed by atoms with E-state index in [1.165, 1.54) is 28.9 Å². The van der Waals surface area contributed by atoms with Gasteiger partial charge in [0.15, 0.2) is 0 Å². The summed E-state index contributed by atoms with van der Waals surface area (Å²) in [6.07, 6.45) is 0. The molecule has 0 radical (unpaired) electrons. The lowest BCUT2D eigenvalue weighted by Gasteiger charge is -2.02. The van der Waals surface area contributed by atoms with Crippen molar-refractivity contribution in [2.75, 3.05) is 0 Å². The van der Waals surface area contributed by atoms with Crippen LogP contribution in [0.3, 0.4) is 0 Å². The number of nitrogens with zero attached hydrogens (tertiary/aromatic N) is 3. The van der Waals surface area contributed by atoms with Crippen LogP contribution in [0.4, 0.5) is 5.69 Å². The molecule has 142 valence electrons. The van der Waals surface area contributed by atoms with Gasteiger partial charge in [-0.1, -0.05) is 18.2 Å². The maximum atomic E-state index is 12.8. The van der Waals surface area contributed by atoms with Crippen molar-refractivity contribution in [2.24, 2.45) is 5.10 Å². The summed E-state index contributed by atoms with van der Waals surface area (Å²) < 4.78 is 1.27.